The summed E-state index contributed by atoms with van der Waals surface area (Å²) < 4.78 is 1.03. The molecule has 2 amide bonds. The fourth-order valence-corrected chi connectivity index (χ4v) is 2.97. The third-order valence-corrected chi connectivity index (χ3v) is 4.17. The molecule has 6 heteroatoms. The Kier molecular flexibility index (Phi) is 4.63. The number of carbonyl (C=O) groups is 2. The Balaban J connectivity index is 1.49. The summed E-state index contributed by atoms with van der Waals surface area (Å²) in [5.74, 6) is -0.351. The molecule has 116 valence electrons. The molecule has 0 spiro atoms. The first kappa shape index (κ1) is 15.2. The topological polar surface area (TPSA) is 71.1 Å². The molecule has 0 aliphatic rings. The highest BCUT2D eigenvalue weighted by Gasteiger charge is 2.09. The number of fused-ring (bicyclic) bond motifs is 1. The van der Waals surface area contributed by atoms with Crippen LogP contribution in [0.2, 0.25) is 0 Å². The summed E-state index contributed by atoms with van der Waals surface area (Å²) >= 11 is 1.43. The number of aromatic nitrogens is 1. The van der Waals surface area contributed by atoms with Crippen molar-refractivity contribution in [3.63, 3.8) is 0 Å². The monoisotopic (exact) mass is 325 g/mol. The molecule has 2 N–H and O–H groups in total. The number of hydrogen-bond donors (Lipinski definition) is 2. The lowest BCUT2D eigenvalue weighted by Gasteiger charge is -2.05. The van der Waals surface area contributed by atoms with Gasteiger partial charge in [-0.1, -0.05) is 41.7 Å². The van der Waals surface area contributed by atoms with E-state index in [4.69, 9.17) is 0 Å². The van der Waals surface area contributed by atoms with Gasteiger partial charge in [0.25, 0.3) is 5.91 Å². The standard InChI is InChI=1S/C17H15N3O2S/c21-15(10-11-18-16(22)12-6-2-1-3-7-12)20-17-19-13-8-4-5-9-14(13)23-17/h1-9H,10-11H2,(H,18,22)(H,19,20,21). The van der Waals surface area contributed by atoms with E-state index < -0.39 is 0 Å². The number of benzene rings is 2. The van der Waals surface area contributed by atoms with Gasteiger partial charge in [-0.3, -0.25) is 9.59 Å². The van der Waals surface area contributed by atoms with Crippen LogP contribution in [0.25, 0.3) is 10.2 Å². The Bertz CT molecular complexity index is 797. The minimum atomic E-state index is -0.182. The van der Waals surface area contributed by atoms with Crippen LogP contribution in [0.3, 0.4) is 0 Å². The van der Waals surface area contributed by atoms with Gasteiger partial charge < -0.3 is 10.6 Å². The number of rotatable bonds is 5. The fourth-order valence-electron chi connectivity index (χ4n) is 2.09. The van der Waals surface area contributed by atoms with Crippen molar-refractivity contribution in [2.45, 2.75) is 6.42 Å². The first-order chi connectivity index (χ1) is 11.2. The lowest BCUT2D eigenvalue weighted by molar-refractivity contribution is -0.116. The van der Waals surface area contributed by atoms with E-state index in [1.165, 1.54) is 11.3 Å². The molecule has 23 heavy (non-hydrogen) atoms. The van der Waals surface area contributed by atoms with E-state index in [0.717, 1.165) is 10.2 Å². The predicted molar refractivity (Wildman–Crippen MR) is 91.6 cm³/mol. The van der Waals surface area contributed by atoms with Gasteiger partial charge in [0.1, 0.15) is 0 Å². The summed E-state index contributed by atoms with van der Waals surface area (Å²) in [5, 5.41) is 6.06. The Morgan fingerprint density at radius 2 is 1.74 bits per heavy atom. The summed E-state index contributed by atoms with van der Waals surface area (Å²) in [6, 6.07) is 16.6. The van der Waals surface area contributed by atoms with E-state index in [-0.39, 0.29) is 24.8 Å². The molecule has 0 saturated heterocycles. The van der Waals surface area contributed by atoms with Gasteiger partial charge in [0.15, 0.2) is 5.13 Å². The van der Waals surface area contributed by atoms with Crippen molar-refractivity contribution in [2.75, 3.05) is 11.9 Å². The molecule has 0 radical (unpaired) electrons. The van der Waals surface area contributed by atoms with E-state index in [2.05, 4.69) is 15.6 Å². The molecular formula is C17H15N3O2S. The van der Waals surface area contributed by atoms with Gasteiger partial charge in [-0.2, -0.15) is 0 Å². The van der Waals surface area contributed by atoms with Crippen LogP contribution in [0.1, 0.15) is 16.8 Å². The molecule has 0 aliphatic heterocycles. The van der Waals surface area contributed by atoms with Crippen LogP contribution in [0.5, 0.6) is 0 Å². The molecule has 0 unspecified atom stereocenters. The van der Waals surface area contributed by atoms with Crippen LogP contribution < -0.4 is 10.6 Å². The van der Waals surface area contributed by atoms with Crippen LogP contribution in [0.4, 0.5) is 5.13 Å². The zero-order chi connectivity index (χ0) is 16.1. The van der Waals surface area contributed by atoms with Crippen molar-refractivity contribution in [3.05, 3.63) is 60.2 Å². The van der Waals surface area contributed by atoms with E-state index >= 15 is 0 Å². The van der Waals surface area contributed by atoms with Gasteiger partial charge in [0, 0.05) is 18.5 Å². The van der Waals surface area contributed by atoms with Gasteiger partial charge >= 0.3 is 0 Å². The van der Waals surface area contributed by atoms with Crippen LogP contribution in [-0.2, 0) is 4.79 Å². The van der Waals surface area contributed by atoms with Crippen molar-refractivity contribution in [2.24, 2.45) is 0 Å². The van der Waals surface area contributed by atoms with Gasteiger partial charge in [-0.15, -0.1) is 0 Å². The van der Waals surface area contributed by atoms with Crippen molar-refractivity contribution in [3.8, 4) is 0 Å². The second kappa shape index (κ2) is 7.02. The lowest BCUT2D eigenvalue weighted by Crippen LogP contribution is -2.27. The van der Waals surface area contributed by atoms with Gasteiger partial charge in [-0.05, 0) is 24.3 Å². The average molecular weight is 325 g/mol. The maximum Gasteiger partial charge on any atom is 0.251 e. The van der Waals surface area contributed by atoms with Crippen molar-refractivity contribution < 1.29 is 9.59 Å². The number of thiazole rings is 1. The van der Waals surface area contributed by atoms with Gasteiger partial charge in [0.05, 0.1) is 10.2 Å². The Labute approximate surface area is 137 Å². The molecule has 0 aliphatic carbocycles. The summed E-state index contributed by atoms with van der Waals surface area (Å²) in [6.07, 6.45) is 0.203. The number of carbonyl (C=O) groups excluding carboxylic acids is 2. The molecule has 2 aromatic carbocycles. The molecular weight excluding hydrogens is 310 g/mol. The quantitative estimate of drug-likeness (QED) is 0.757. The SMILES string of the molecule is O=C(CCNC(=O)c1ccccc1)Nc1nc2ccccc2s1. The maximum atomic E-state index is 11.9. The molecule has 1 heterocycles. The third kappa shape index (κ3) is 3.92. The second-order valence-corrected chi connectivity index (χ2v) is 5.94. The molecule has 3 rings (SSSR count). The first-order valence-corrected chi connectivity index (χ1v) is 8.03. The highest BCUT2D eigenvalue weighted by Crippen LogP contribution is 2.25. The fraction of sp³-hybridized carbons (Fsp3) is 0.118. The van der Waals surface area contributed by atoms with Crippen LogP contribution in [0, 0.1) is 0 Å². The maximum absolute atomic E-state index is 11.9. The summed E-state index contributed by atoms with van der Waals surface area (Å²) in [6.45, 7) is 0.282. The van der Waals surface area contributed by atoms with Crippen LogP contribution in [0.15, 0.2) is 54.6 Å². The Hall–Kier alpha value is -2.73. The highest BCUT2D eigenvalue weighted by atomic mass is 32.1. The van der Waals surface area contributed by atoms with Crippen molar-refractivity contribution >= 4 is 38.5 Å². The van der Waals surface area contributed by atoms with E-state index in [1.54, 1.807) is 24.3 Å². The Morgan fingerprint density at radius 1 is 1.00 bits per heavy atom. The first-order valence-electron chi connectivity index (χ1n) is 7.21. The number of anilines is 1. The average Bonchev–Trinajstić information content (AvgIpc) is 2.97. The van der Waals surface area contributed by atoms with Crippen LogP contribution in [-0.4, -0.2) is 23.3 Å². The number of hydrogen-bond acceptors (Lipinski definition) is 4. The van der Waals surface area contributed by atoms with Gasteiger partial charge in [0.2, 0.25) is 5.91 Å². The largest absolute Gasteiger partial charge is 0.352 e. The van der Waals surface area contributed by atoms with Crippen LogP contribution >= 0.6 is 11.3 Å². The second-order valence-electron chi connectivity index (χ2n) is 4.91. The number of amides is 2. The normalized spacial score (nSPS) is 10.4. The minimum Gasteiger partial charge on any atom is -0.352 e. The summed E-state index contributed by atoms with van der Waals surface area (Å²) in [7, 11) is 0. The van der Waals surface area contributed by atoms with Gasteiger partial charge in [-0.25, -0.2) is 4.98 Å². The zero-order valence-electron chi connectivity index (χ0n) is 12.3. The molecule has 5 nitrogen and oxygen atoms in total. The summed E-state index contributed by atoms with van der Waals surface area (Å²) in [5.41, 5.74) is 1.45. The molecule has 0 saturated carbocycles. The minimum absolute atomic E-state index is 0.169. The molecule has 0 bridgehead atoms. The molecule has 1 aromatic heterocycles. The van der Waals surface area contributed by atoms with Crippen molar-refractivity contribution in [1.82, 2.24) is 10.3 Å². The molecule has 0 fully saturated rings. The van der Waals surface area contributed by atoms with E-state index in [0.29, 0.717) is 10.7 Å². The third-order valence-electron chi connectivity index (χ3n) is 3.21. The van der Waals surface area contributed by atoms with E-state index in [1.807, 2.05) is 30.3 Å². The number of para-hydroxylation sites is 1. The number of nitrogens with zero attached hydrogens (tertiary/aromatic N) is 1. The zero-order valence-corrected chi connectivity index (χ0v) is 13.1. The predicted octanol–water partition coefficient (Wildman–Crippen LogP) is 3.05. The highest BCUT2D eigenvalue weighted by molar-refractivity contribution is 7.22. The number of nitrogens with one attached hydrogen (secondary N) is 2. The smallest absolute Gasteiger partial charge is 0.251 e. The molecule has 3 aromatic rings. The van der Waals surface area contributed by atoms with Crippen molar-refractivity contribution in [1.29, 1.82) is 0 Å². The molecule has 0 atom stereocenters. The van der Waals surface area contributed by atoms with E-state index in [9.17, 15) is 9.59 Å². The lowest BCUT2D eigenvalue weighted by atomic mass is 10.2. The Morgan fingerprint density at radius 3 is 2.52 bits per heavy atom. The summed E-state index contributed by atoms with van der Waals surface area (Å²) in [4.78, 5) is 28.1.